The summed E-state index contributed by atoms with van der Waals surface area (Å²) in [6.45, 7) is 0.484. The van der Waals surface area contributed by atoms with E-state index in [0.29, 0.717) is 39.9 Å². The first kappa shape index (κ1) is 16.0. The van der Waals surface area contributed by atoms with Crippen LogP contribution in [-0.4, -0.2) is 20.7 Å². The van der Waals surface area contributed by atoms with E-state index in [9.17, 15) is 9.00 Å². The van der Waals surface area contributed by atoms with E-state index in [0.717, 1.165) is 5.69 Å². The second-order valence-electron chi connectivity index (χ2n) is 5.61. The van der Waals surface area contributed by atoms with Gasteiger partial charge in [0.2, 0.25) is 0 Å². The summed E-state index contributed by atoms with van der Waals surface area (Å²) in [5.74, 6) is 0. The number of nitrogens with one attached hydrogen (secondary N) is 1. The molecule has 1 aliphatic heterocycles. The van der Waals surface area contributed by atoms with Crippen molar-refractivity contribution >= 4 is 24.6 Å². The summed E-state index contributed by atoms with van der Waals surface area (Å²) in [5.41, 5.74) is 1.61. The molecule has 1 atom stereocenters. The van der Waals surface area contributed by atoms with Gasteiger partial charge in [0.25, 0.3) is 0 Å². The molecule has 25 heavy (non-hydrogen) atoms. The monoisotopic (exact) mass is 395 g/mol. The fourth-order valence-electron chi connectivity index (χ4n) is 3.04. The van der Waals surface area contributed by atoms with Crippen molar-refractivity contribution in [2.75, 3.05) is 10.8 Å². The van der Waals surface area contributed by atoms with Crippen molar-refractivity contribution < 1.29 is 18.3 Å². The van der Waals surface area contributed by atoms with Gasteiger partial charge in [-0.25, -0.2) is 0 Å². The Morgan fingerprint density at radius 3 is 2.96 bits per heavy atom. The molecule has 0 amide bonds. The van der Waals surface area contributed by atoms with Crippen LogP contribution in [0.4, 0.5) is 5.69 Å². The molecule has 8 heteroatoms. The second-order valence-corrected chi connectivity index (χ2v) is 9.09. The van der Waals surface area contributed by atoms with Crippen LogP contribution >= 0.6 is 0 Å². The van der Waals surface area contributed by atoms with Gasteiger partial charge < -0.3 is 0 Å². The SMILES string of the molecule is N#Cc1cnc2c(c1)N([S](=O)(=[Co])c1cccc3c(=O)[nH]ccc13)CC2. The molecule has 4 rings (SSSR count). The maximum absolute atomic E-state index is 13.6. The molecule has 6 nitrogen and oxygen atoms in total. The molecule has 0 saturated heterocycles. The quantitative estimate of drug-likeness (QED) is 0.718. The van der Waals surface area contributed by atoms with Crippen molar-refractivity contribution in [3.8, 4) is 6.07 Å². The Labute approximate surface area is 150 Å². The fraction of sp³-hybridized carbons (Fsp3) is 0.118. The number of aromatic nitrogens is 2. The van der Waals surface area contributed by atoms with Crippen molar-refractivity contribution in [2.24, 2.45) is 0 Å². The number of aromatic amines is 1. The average molecular weight is 395 g/mol. The predicted octanol–water partition coefficient (Wildman–Crippen LogP) is 1.88. The number of hydrogen-bond donors (Lipinski definition) is 1. The Bertz CT molecular complexity index is 1210. The minimum absolute atomic E-state index is 0.239. The van der Waals surface area contributed by atoms with Gasteiger partial charge in [0.1, 0.15) is 0 Å². The van der Waals surface area contributed by atoms with E-state index >= 15 is 0 Å². The molecular formula is C17H12CoN4O2S. The van der Waals surface area contributed by atoms with Gasteiger partial charge in [-0.3, -0.25) is 0 Å². The molecule has 0 spiro atoms. The van der Waals surface area contributed by atoms with Crippen molar-refractivity contribution in [1.29, 1.82) is 5.26 Å². The molecule has 3 heterocycles. The summed E-state index contributed by atoms with van der Waals surface area (Å²) in [6.07, 6.45) is 3.67. The Morgan fingerprint density at radius 1 is 1.32 bits per heavy atom. The predicted molar refractivity (Wildman–Crippen MR) is 91.0 cm³/mol. The van der Waals surface area contributed by atoms with E-state index in [2.05, 4.69) is 30.2 Å². The summed E-state index contributed by atoms with van der Waals surface area (Å²) in [6, 6.07) is 10.6. The van der Waals surface area contributed by atoms with Crippen LogP contribution in [0.15, 0.2) is 52.4 Å². The zero-order valence-corrected chi connectivity index (χ0v) is 14.7. The number of hydrogen-bond acceptors (Lipinski definition) is 4. The van der Waals surface area contributed by atoms with Crippen LogP contribution in [0, 0.1) is 11.3 Å². The van der Waals surface area contributed by atoms with E-state index in [1.165, 1.54) is 12.4 Å². The van der Waals surface area contributed by atoms with E-state index < -0.39 is 8.09 Å². The first-order valence-corrected chi connectivity index (χ1v) is 10.2. The molecule has 1 N–H and O–H groups in total. The van der Waals surface area contributed by atoms with Gasteiger partial charge in [0, 0.05) is 0 Å². The summed E-state index contributed by atoms with van der Waals surface area (Å²) >= 11 is 4.56. The Morgan fingerprint density at radius 2 is 2.16 bits per heavy atom. The molecule has 1 aliphatic rings. The van der Waals surface area contributed by atoms with Gasteiger partial charge >= 0.3 is 151 Å². The molecule has 0 fully saturated rings. The molecule has 0 radical (unpaired) electrons. The van der Waals surface area contributed by atoms with Crippen molar-refractivity contribution in [3.05, 3.63) is 64.3 Å². The summed E-state index contributed by atoms with van der Waals surface area (Å²) in [7, 11) is -2.95. The first-order valence-electron chi connectivity index (χ1n) is 7.51. The Balaban J connectivity index is 1.93. The molecular weight excluding hydrogens is 383 g/mol. The van der Waals surface area contributed by atoms with Gasteiger partial charge in [0.05, 0.1) is 0 Å². The molecule has 0 saturated carbocycles. The summed E-state index contributed by atoms with van der Waals surface area (Å²) in [5, 5.41) is 10.2. The van der Waals surface area contributed by atoms with Crippen LogP contribution in [0.2, 0.25) is 0 Å². The van der Waals surface area contributed by atoms with Crippen molar-refractivity contribution in [3.63, 3.8) is 0 Å². The number of nitriles is 1. The second kappa shape index (κ2) is 5.81. The van der Waals surface area contributed by atoms with Gasteiger partial charge in [0.15, 0.2) is 0 Å². The molecule has 0 aliphatic carbocycles. The molecule has 3 aromatic rings. The van der Waals surface area contributed by atoms with E-state index in [1.807, 2.05) is 0 Å². The third-order valence-electron chi connectivity index (χ3n) is 4.21. The van der Waals surface area contributed by atoms with Crippen molar-refractivity contribution in [1.82, 2.24) is 9.97 Å². The first-order chi connectivity index (χ1) is 12.0. The van der Waals surface area contributed by atoms with Crippen LogP contribution < -0.4 is 9.86 Å². The minimum atomic E-state index is -2.95. The maximum atomic E-state index is 13.6. The Hall–Kier alpha value is -2.47. The van der Waals surface area contributed by atoms with Crippen LogP contribution in [0.25, 0.3) is 10.8 Å². The number of nitrogens with zero attached hydrogens (tertiary/aromatic N) is 3. The number of H-pyrrole nitrogens is 1. The zero-order chi connectivity index (χ0) is 17.6. The average Bonchev–Trinajstić information content (AvgIpc) is 3.05. The standard InChI is InChI=1S/C17H12N4O2S.Co/c18-9-11-8-15-14(20-10-11)5-7-21(15)24(23)16-3-1-2-13-12(16)4-6-19-17(13)22;/h1-4,6,8,10H,5,7H2,(H,19,22);. The number of pyridine rings is 2. The number of rotatable bonds is 2. The third kappa shape index (κ3) is 2.48. The van der Waals surface area contributed by atoms with E-state index in [4.69, 9.17) is 5.26 Å². The number of fused-ring (bicyclic) bond motifs is 2. The van der Waals surface area contributed by atoms with Crippen molar-refractivity contribution in [2.45, 2.75) is 11.3 Å². The summed E-state index contributed by atoms with van der Waals surface area (Å²) < 4.78 is 15.3. The molecule has 127 valence electrons. The molecule has 1 unspecified atom stereocenters. The zero-order valence-electron chi connectivity index (χ0n) is 12.9. The van der Waals surface area contributed by atoms with Crippen LogP contribution in [0.1, 0.15) is 11.3 Å². The van der Waals surface area contributed by atoms with Crippen LogP contribution in [0.5, 0.6) is 0 Å². The number of benzene rings is 1. The molecule has 1 aromatic carbocycles. The van der Waals surface area contributed by atoms with Crippen LogP contribution in [-0.2, 0) is 28.6 Å². The normalized spacial score (nSPS) is 15.6. The summed E-state index contributed by atoms with van der Waals surface area (Å²) in [4.78, 5) is 19.4. The Kier molecular flexibility index (Phi) is 3.72. The molecule has 2 aromatic heterocycles. The fourth-order valence-corrected chi connectivity index (χ4v) is 5.82. The third-order valence-corrected chi connectivity index (χ3v) is 7.39. The van der Waals surface area contributed by atoms with E-state index in [-0.39, 0.29) is 5.56 Å². The topological polar surface area (TPSA) is 89.8 Å². The van der Waals surface area contributed by atoms with Gasteiger partial charge in [-0.2, -0.15) is 0 Å². The van der Waals surface area contributed by atoms with E-state index in [1.54, 1.807) is 34.6 Å². The number of anilines is 1. The van der Waals surface area contributed by atoms with Gasteiger partial charge in [-0.1, -0.05) is 0 Å². The van der Waals surface area contributed by atoms with Gasteiger partial charge in [-0.05, 0) is 0 Å². The molecule has 0 bridgehead atoms. The van der Waals surface area contributed by atoms with Gasteiger partial charge in [-0.15, -0.1) is 0 Å². The van der Waals surface area contributed by atoms with Crippen LogP contribution in [0.3, 0.4) is 0 Å².